The highest BCUT2D eigenvalue weighted by molar-refractivity contribution is 9.10. The molecule has 1 N–H and O–H groups in total. The third kappa shape index (κ3) is 2.45. The molecule has 4 aliphatic rings. The Balaban J connectivity index is 1.45. The number of carbonyl (C=O) groups excluding carboxylic acids is 1. The molecule has 0 aromatic carbocycles. The van der Waals surface area contributed by atoms with Crippen LogP contribution in [-0.4, -0.2) is 17.0 Å². The summed E-state index contributed by atoms with van der Waals surface area (Å²) in [5.41, 5.74) is 1.15. The van der Waals surface area contributed by atoms with Crippen LogP contribution in [0.5, 0.6) is 0 Å². The molecule has 0 radical (unpaired) electrons. The van der Waals surface area contributed by atoms with Gasteiger partial charge in [0.25, 0.3) is 5.91 Å². The molecule has 3 nitrogen and oxygen atoms in total. The van der Waals surface area contributed by atoms with Gasteiger partial charge in [-0.3, -0.25) is 4.79 Å². The standard InChI is InChI=1S/C17H23BrN2O/c1-20-9-14(18)5-15(20)16(21)19-10-17-6-11-2-12(7-17)4-13(3-11)8-17/h5,9,11-13H,2-4,6-8,10H2,1H3,(H,19,21). The van der Waals surface area contributed by atoms with E-state index < -0.39 is 0 Å². The fraction of sp³-hybridized carbons (Fsp3) is 0.706. The van der Waals surface area contributed by atoms with E-state index >= 15 is 0 Å². The summed E-state index contributed by atoms with van der Waals surface area (Å²) in [7, 11) is 1.92. The minimum atomic E-state index is 0.0685. The fourth-order valence-electron chi connectivity index (χ4n) is 5.61. The van der Waals surface area contributed by atoms with Gasteiger partial charge in [0, 0.05) is 24.3 Å². The van der Waals surface area contributed by atoms with Crippen LogP contribution in [0.4, 0.5) is 0 Å². The molecule has 1 heterocycles. The normalized spacial score (nSPS) is 37.0. The van der Waals surface area contributed by atoms with Crippen LogP contribution < -0.4 is 5.32 Å². The summed E-state index contributed by atoms with van der Waals surface area (Å²) in [6, 6.07) is 1.90. The largest absolute Gasteiger partial charge is 0.350 e. The molecule has 1 aromatic heterocycles. The Labute approximate surface area is 134 Å². The van der Waals surface area contributed by atoms with Gasteiger partial charge >= 0.3 is 0 Å². The molecule has 0 aliphatic heterocycles. The van der Waals surface area contributed by atoms with Crippen LogP contribution >= 0.6 is 15.9 Å². The van der Waals surface area contributed by atoms with E-state index in [-0.39, 0.29) is 5.91 Å². The summed E-state index contributed by atoms with van der Waals surface area (Å²) in [5, 5.41) is 3.23. The van der Waals surface area contributed by atoms with Crippen LogP contribution in [0.3, 0.4) is 0 Å². The Hall–Kier alpha value is -0.770. The van der Waals surface area contributed by atoms with Crippen LogP contribution in [0.2, 0.25) is 0 Å². The number of carbonyl (C=O) groups is 1. The maximum absolute atomic E-state index is 12.4. The highest BCUT2D eigenvalue weighted by atomic mass is 79.9. The van der Waals surface area contributed by atoms with Crippen LogP contribution in [0.25, 0.3) is 0 Å². The first-order chi connectivity index (χ1) is 10.0. The van der Waals surface area contributed by atoms with Crippen molar-refractivity contribution in [1.29, 1.82) is 0 Å². The molecule has 5 rings (SSSR count). The van der Waals surface area contributed by atoms with Gasteiger partial charge in [-0.15, -0.1) is 0 Å². The number of nitrogens with zero attached hydrogens (tertiary/aromatic N) is 1. The second-order valence-corrected chi connectivity index (χ2v) is 8.67. The van der Waals surface area contributed by atoms with E-state index in [2.05, 4.69) is 21.2 Å². The number of aromatic nitrogens is 1. The van der Waals surface area contributed by atoms with Crippen molar-refractivity contribution in [3.8, 4) is 0 Å². The van der Waals surface area contributed by atoms with Gasteiger partial charge in [-0.25, -0.2) is 0 Å². The molecular weight excluding hydrogens is 328 g/mol. The zero-order chi connectivity index (χ0) is 14.6. The summed E-state index contributed by atoms with van der Waals surface area (Å²) in [6.07, 6.45) is 10.3. The van der Waals surface area contributed by atoms with E-state index in [4.69, 9.17) is 0 Å². The highest BCUT2D eigenvalue weighted by Gasteiger charge is 2.50. The van der Waals surface area contributed by atoms with E-state index in [1.54, 1.807) is 0 Å². The minimum absolute atomic E-state index is 0.0685. The number of nitrogens with one attached hydrogen (secondary N) is 1. The number of hydrogen-bond donors (Lipinski definition) is 1. The van der Waals surface area contributed by atoms with E-state index in [9.17, 15) is 4.79 Å². The number of rotatable bonds is 3. The molecule has 114 valence electrons. The molecular formula is C17H23BrN2O. The quantitative estimate of drug-likeness (QED) is 0.885. The Bertz CT molecular complexity index is 542. The molecule has 21 heavy (non-hydrogen) atoms. The van der Waals surface area contributed by atoms with Gasteiger partial charge in [0.15, 0.2) is 0 Å². The van der Waals surface area contributed by atoms with Gasteiger partial charge in [-0.1, -0.05) is 0 Å². The van der Waals surface area contributed by atoms with Crippen molar-refractivity contribution < 1.29 is 4.79 Å². The molecule has 0 spiro atoms. The number of hydrogen-bond acceptors (Lipinski definition) is 1. The van der Waals surface area contributed by atoms with Crippen molar-refractivity contribution >= 4 is 21.8 Å². The number of aryl methyl sites for hydroxylation is 1. The van der Waals surface area contributed by atoms with Crippen molar-refractivity contribution in [2.45, 2.75) is 38.5 Å². The SMILES string of the molecule is Cn1cc(Br)cc1C(=O)NCC12CC3CC(CC(C3)C1)C2. The van der Waals surface area contributed by atoms with E-state index in [1.165, 1.54) is 38.5 Å². The van der Waals surface area contributed by atoms with Gasteiger partial charge in [-0.05, 0) is 83.7 Å². The average Bonchev–Trinajstić information content (AvgIpc) is 2.74. The minimum Gasteiger partial charge on any atom is -0.350 e. The van der Waals surface area contributed by atoms with Gasteiger partial charge in [0.05, 0.1) is 0 Å². The lowest BCUT2D eigenvalue weighted by Crippen LogP contribution is -2.51. The molecule has 0 atom stereocenters. The smallest absolute Gasteiger partial charge is 0.267 e. The molecule has 4 fully saturated rings. The molecule has 1 aromatic rings. The number of halogens is 1. The van der Waals surface area contributed by atoms with Crippen molar-refractivity contribution in [3.05, 3.63) is 22.4 Å². The third-order valence-corrected chi connectivity index (χ3v) is 6.43. The summed E-state index contributed by atoms with van der Waals surface area (Å²) >= 11 is 3.43. The summed E-state index contributed by atoms with van der Waals surface area (Å²) in [5.74, 6) is 2.89. The van der Waals surface area contributed by atoms with Crippen LogP contribution in [0.1, 0.15) is 49.0 Å². The average molecular weight is 351 g/mol. The molecule has 0 saturated heterocycles. The lowest BCUT2D eigenvalue weighted by molar-refractivity contribution is -0.0503. The zero-order valence-corrected chi connectivity index (χ0v) is 14.2. The van der Waals surface area contributed by atoms with Crippen molar-refractivity contribution in [2.75, 3.05) is 6.54 Å². The molecule has 0 unspecified atom stereocenters. The maximum atomic E-state index is 12.4. The lowest BCUT2D eigenvalue weighted by atomic mass is 9.49. The highest BCUT2D eigenvalue weighted by Crippen LogP contribution is 2.59. The monoisotopic (exact) mass is 350 g/mol. The Kier molecular flexibility index (Phi) is 3.21. The van der Waals surface area contributed by atoms with Gasteiger partial charge < -0.3 is 9.88 Å². The lowest BCUT2D eigenvalue weighted by Gasteiger charge is -2.56. The third-order valence-electron chi connectivity index (χ3n) is 5.99. The van der Waals surface area contributed by atoms with Crippen LogP contribution in [0.15, 0.2) is 16.7 Å². The predicted molar refractivity (Wildman–Crippen MR) is 86.1 cm³/mol. The van der Waals surface area contributed by atoms with Gasteiger partial charge in [0.2, 0.25) is 0 Å². The molecule has 4 saturated carbocycles. The molecule has 4 bridgehead atoms. The second kappa shape index (κ2) is 4.87. The second-order valence-electron chi connectivity index (χ2n) is 7.75. The first-order valence-electron chi connectivity index (χ1n) is 8.13. The predicted octanol–water partition coefficient (Wildman–Crippen LogP) is 3.73. The topological polar surface area (TPSA) is 34.0 Å². The summed E-state index contributed by atoms with van der Waals surface area (Å²) in [6.45, 7) is 0.873. The Morgan fingerprint density at radius 2 is 1.86 bits per heavy atom. The Morgan fingerprint density at radius 3 is 2.33 bits per heavy atom. The first-order valence-corrected chi connectivity index (χ1v) is 8.92. The summed E-state index contributed by atoms with van der Waals surface area (Å²) in [4.78, 5) is 12.4. The molecule has 4 aliphatic carbocycles. The van der Waals surface area contributed by atoms with Crippen molar-refractivity contribution in [3.63, 3.8) is 0 Å². The summed E-state index contributed by atoms with van der Waals surface area (Å²) < 4.78 is 2.85. The van der Waals surface area contributed by atoms with E-state index in [0.717, 1.165) is 34.5 Å². The van der Waals surface area contributed by atoms with Crippen LogP contribution in [-0.2, 0) is 7.05 Å². The Morgan fingerprint density at radius 1 is 1.29 bits per heavy atom. The van der Waals surface area contributed by atoms with E-state index in [1.807, 2.05) is 23.9 Å². The van der Waals surface area contributed by atoms with E-state index in [0.29, 0.717) is 5.41 Å². The van der Waals surface area contributed by atoms with Crippen molar-refractivity contribution in [1.82, 2.24) is 9.88 Å². The fourth-order valence-corrected chi connectivity index (χ4v) is 6.14. The number of amides is 1. The first kappa shape index (κ1) is 13.9. The maximum Gasteiger partial charge on any atom is 0.267 e. The molecule has 4 heteroatoms. The molecule has 1 amide bonds. The van der Waals surface area contributed by atoms with Crippen LogP contribution in [0, 0.1) is 23.2 Å². The van der Waals surface area contributed by atoms with Gasteiger partial charge in [0.1, 0.15) is 5.69 Å². The zero-order valence-electron chi connectivity index (χ0n) is 12.6. The van der Waals surface area contributed by atoms with Crippen molar-refractivity contribution in [2.24, 2.45) is 30.2 Å². The van der Waals surface area contributed by atoms with Gasteiger partial charge in [-0.2, -0.15) is 0 Å².